The van der Waals surface area contributed by atoms with Crippen LogP contribution in [0.3, 0.4) is 0 Å². The molecule has 3 rings (SSSR count). The van der Waals surface area contributed by atoms with E-state index in [0.29, 0.717) is 5.69 Å². The zero-order valence-electron chi connectivity index (χ0n) is 9.92. The molecule has 94 valence electrons. The van der Waals surface area contributed by atoms with E-state index >= 15 is 0 Å². The molecule has 0 unspecified atom stereocenters. The van der Waals surface area contributed by atoms with Gasteiger partial charge in [0.2, 0.25) is 0 Å². The van der Waals surface area contributed by atoms with E-state index in [2.05, 4.69) is 21.0 Å². The normalized spacial score (nSPS) is 10.6. The molecule has 0 aliphatic rings. The first kappa shape index (κ1) is 12.1. The van der Waals surface area contributed by atoms with Crippen LogP contribution in [0.15, 0.2) is 65.3 Å². The Kier molecular flexibility index (Phi) is 3.17. The molecule has 0 bridgehead atoms. The zero-order valence-corrected chi connectivity index (χ0v) is 11.5. The van der Waals surface area contributed by atoms with Gasteiger partial charge in [-0.2, -0.15) is 5.10 Å². The highest BCUT2D eigenvalue weighted by molar-refractivity contribution is 9.10. The second kappa shape index (κ2) is 4.97. The van der Waals surface area contributed by atoms with Crippen molar-refractivity contribution >= 4 is 15.9 Å². The maximum Gasteiger partial charge on any atom is 0.148 e. The first-order valence-corrected chi connectivity index (χ1v) is 6.60. The van der Waals surface area contributed by atoms with Crippen LogP contribution in [0.5, 0.6) is 0 Å². The van der Waals surface area contributed by atoms with E-state index in [4.69, 9.17) is 0 Å². The third kappa shape index (κ3) is 2.31. The molecule has 0 aliphatic heterocycles. The largest absolute Gasteiger partial charge is 0.236 e. The second-order valence-corrected chi connectivity index (χ2v) is 4.94. The number of rotatable bonds is 2. The summed E-state index contributed by atoms with van der Waals surface area (Å²) in [6, 6.07) is 16.4. The van der Waals surface area contributed by atoms with Crippen molar-refractivity contribution in [2.24, 2.45) is 0 Å². The predicted molar refractivity (Wildman–Crippen MR) is 76.7 cm³/mol. The molecule has 0 aliphatic carbocycles. The van der Waals surface area contributed by atoms with Crippen molar-refractivity contribution in [1.82, 2.24) is 9.78 Å². The molecule has 0 saturated heterocycles. The van der Waals surface area contributed by atoms with Crippen LogP contribution >= 0.6 is 15.9 Å². The van der Waals surface area contributed by atoms with E-state index < -0.39 is 0 Å². The maximum atomic E-state index is 13.7. The van der Waals surface area contributed by atoms with Crippen LogP contribution in [0.1, 0.15) is 0 Å². The number of halogens is 2. The molecule has 4 heteroatoms. The minimum Gasteiger partial charge on any atom is -0.236 e. The minimum atomic E-state index is -0.294. The molecule has 0 atom stereocenters. The van der Waals surface area contributed by atoms with E-state index in [9.17, 15) is 4.39 Å². The van der Waals surface area contributed by atoms with Gasteiger partial charge in [-0.05, 0) is 28.1 Å². The van der Waals surface area contributed by atoms with Gasteiger partial charge in [-0.1, -0.05) is 42.5 Å². The van der Waals surface area contributed by atoms with E-state index in [1.807, 2.05) is 30.3 Å². The Morgan fingerprint density at radius 3 is 2.37 bits per heavy atom. The molecule has 0 fully saturated rings. The molecule has 1 heterocycles. The van der Waals surface area contributed by atoms with Gasteiger partial charge in [0.25, 0.3) is 0 Å². The summed E-state index contributed by atoms with van der Waals surface area (Å²) in [4.78, 5) is 0. The van der Waals surface area contributed by atoms with Gasteiger partial charge in [0.05, 0.1) is 4.47 Å². The molecular weight excluding hydrogens is 307 g/mol. The number of hydrogen-bond acceptors (Lipinski definition) is 1. The molecule has 2 aromatic carbocycles. The number of benzene rings is 2. The lowest BCUT2D eigenvalue weighted by Gasteiger charge is -2.02. The van der Waals surface area contributed by atoms with E-state index in [1.54, 1.807) is 29.1 Å². The summed E-state index contributed by atoms with van der Waals surface area (Å²) in [6.07, 6.45) is 1.76. The minimum absolute atomic E-state index is 0.294. The number of hydrogen-bond donors (Lipinski definition) is 0. The van der Waals surface area contributed by atoms with Gasteiger partial charge in [0.15, 0.2) is 0 Å². The molecule has 2 nitrogen and oxygen atoms in total. The van der Waals surface area contributed by atoms with Crippen LogP contribution < -0.4 is 0 Å². The predicted octanol–water partition coefficient (Wildman–Crippen LogP) is 4.44. The topological polar surface area (TPSA) is 17.8 Å². The number of nitrogens with zero attached hydrogens (tertiary/aromatic N) is 2. The average molecular weight is 317 g/mol. The monoisotopic (exact) mass is 316 g/mol. The molecule has 1 aromatic heterocycles. The van der Waals surface area contributed by atoms with Crippen molar-refractivity contribution in [2.45, 2.75) is 0 Å². The van der Waals surface area contributed by atoms with E-state index in [-0.39, 0.29) is 5.82 Å². The molecule has 0 amide bonds. The van der Waals surface area contributed by atoms with Crippen molar-refractivity contribution in [3.63, 3.8) is 0 Å². The van der Waals surface area contributed by atoms with Crippen molar-refractivity contribution in [2.75, 3.05) is 0 Å². The van der Waals surface area contributed by atoms with E-state index in [1.165, 1.54) is 6.07 Å². The Hall–Kier alpha value is -1.94. The lowest BCUT2D eigenvalue weighted by Crippen LogP contribution is -1.97. The van der Waals surface area contributed by atoms with Crippen LogP contribution in [0.4, 0.5) is 4.39 Å². The van der Waals surface area contributed by atoms with Crippen molar-refractivity contribution in [3.05, 3.63) is 71.1 Å². The Labute approximate surface area is 118 Å². The van der Waals surface area contributed by atoms with Crippen molar-refractivity contribution in [3.8, 4) is 16.9 Å². The SMILES string of the molecule is Fc1ccccc1-n1cc(Br)c(-c2ccccc2)n1. The average Bonchev–Trinajstić information content (AvgIpc) is 2.82. The molecule has 3 aromatic rings. The summed E-state index contributed by atoms with van der Waals surface area (Å²) in [6.45, 7) is 0. The first-order valence-electron chi connectivity index (χ1n) is 5.81. The third-order valence-electron chi connectivity index (χ3n) is 2.82. The lowest BCUT2D eigenvalue weighted by molar-refractivity contribution is 0.611. The molecule has 0 radical (unpaired) electrons. The highest BCUT2D eigenvalue weighted by atomic mass is 79.9. The van der Waals surface area contributed by atoms with Crippen LogP contribution in [-0.4, -0.2) is 9.78 Å². The third-order valence-corrected chi connectivity index (χ3v) is 3.40. The number of para-hydroxylation sites is 1. The van der Waals surface area contributed by atoms with Gasteiger partial charge < -0.3 is 0 Å². The fourth-order valence-electron chi connectivity index (χ4n) is 1.91. The van der Waals surface area contributed by atoms with E-state index in [0.717, 1.165) is 15.7 Å². The Balaban J connectivity index is 2.10. The maximum absolute atomic E-state index is 13.7. The van der Waals surface area contributed by atoms with Gasteiger partial charge in [0, 0.05) is 11.8 Å². The summed E-state index contributed by atoms with van der Waals surface area (Å²) in [5.74, 6) is -0.294. The molecule has 0 saturated carbocycles. The van der Waals surface area contributed by atoms with Crippen LogP contribution in [0.25, 0.3) is 16.9 Å². The zero-order chi connectivity index (χ0) is 13.2. The molecule has 0 N–H and O–H groups in total. The van der Waals surface area contributed by atoms with Crippen LogP contribution in [-0.2, 0) is 0 Å². The van der Waals surface area contributed by atoms with Crippen LogP contribution in [0, 0.1) is 5.82 Å². The van der Waals surface area contributed by atoms with Gasteiger partial charge in [-0.15, -0.1) is 0 Å². The molecular formula is C15H10BrFN2. The van der Waals surface area contributed by atoms with Crippen LogP contribution in [0.2, 0.25) is 0 Å². The van der Waals surface area contributed by atoms with Gasteiger partial charge in [-0.25, -0.2) is 9.07 Å². The quantitative estimate of drug-likeness (QED) is 0.683. The number of aromatic nitrogens is 2. The van der Waals surface area contributed by atoms with Crippen molar-refractivity contribution < 1.29 is 4.39 Å². The fourth-order valence-corrected chi connectivity index (χ4v) is 2.41. The summed E-state index contributed by atoms with van der Waals surface area (Å²) < 4.78 is 16.1. The standard InChI is InChI=1S/C15H10BrFN2/c16-12-10-19(14-9-5-4-8-13(14)17)18-15(12)11-6-2-1-3-7-11/h1-10H. The summed E-state index contributed by atoms with van der Waals surface area (Å²) >= 11 is 3.47. The fraction of sp³-hybridized carbons (Fsp3) is 0. The smallest absolute Gasteiger partial charge is 0.148 e. The highest BCUT2D eigenvalue weighted by Gasteiger charge is 2.11. The summed E-state index contributed by atoms with van der Waals surface area (Å²) in [5, 5.41) is 4.44. The Morgan fingerprint density at radius 1 is 0.947 bits per heavy atom. The van der Waals surface area contributed by atoms with Gasteiger partial charge in [0.1, 0.15) is 17.2 Å². The summed E-state index contributed by atoms with van der Waals surface area (Å²) in [7, 11) is 0. The Bertz CT molecular complexity index is 707. The highest BCUT2D eigenvalue weighted by Crippen LogP contribution is 2.28. The molecule has 19 heavy (non-hydrogen) atoms. The Morgan fingerprint density at radius 2 is 1.63 bits per heavy atom. The summed E-state index contributed by atoms with van der Waals surface area (Å²) in [5.41, 5.74) is 2.22. The lowest BCUT2D eigenvalue weighted by atomic mass is 10.2. The molecule has 0 spiro atoms. The van der Waals surface area contributed by atoms with Crippen molar-refractivity contribution in [1.29, 1.82) is 0 Å². The van der Waals surface area contributed by atoms with Gasteiger partial charge >= 0.3 is 0 Å². The van der Waals surface area contributed by atoms with Gasteiger partial charge in [-0.3, -0.25) is 0 Å². The second-order valence-electron chi connectivity index (χ2n) is 4.09. The first-order chi connectivity index (χ1) is 9.25.